The normalized spacial score (nSPS) is 34.8. The van der Waals surface area contributed by atoms with Crippen molar-refractivity contribution in [2.45, 2.75) is 64.5 Å². The van der Waals surface area contributed by atoms with Crippen molar-refractivity contribution in [3.63, 3.8) is 0 Å². The number of hydrogen-bond acceptors (Lipinski definition) is 2. The van der Waals surface area contributed by atoms with Gasteiger partial charge in [0.2, 0.25) is 0 Å². The van der Waals surface area contributed by atoms with E-state index in [1.807, 2.05) is 0 Å². The highest BCUT2D eigenvalue weighted by atomic mass is 15.3. The van der Waals surface area contributed by atoms with Crippen molar-refractivity contribution in [2.75, 3.05) is 26.2 Å². The Kier molecular flexibility index (Phi) is 3.95. The highest BCUT2D eigenvalue weighted by Crippen LogP contribution is 2.34. The zero-order valence-corrected chi connectivity index (χ0v) is 12.3. The van der Waals surface area contributed by atoms with E-state index < -0.39 is 0 Å². The average molecular weight is 250 g/mol. The summed E-state index contributed by atoms with van der Waals surface area (Å²) in [5.74, 6) is 1.90. The van der Waals surface area contributed by atoms with Crippen molar-refractivity contribution in [1.29, 1.82) is 0 Å². The lowest BCUT2D eigenvalue weighted by molar-refractivity contribution is -0.00844. The maximum atomic E-state index is 2.84. The maximum absolute atomic E-state index is 2.84. The van der Waals surface area contributed by atoms with Gasteiger partial charge >= 0.3 is 0 Å². The first-order valence-electron chi connectivity index (χ1n) is 8.22. The number of piperazine rings is 1. The van der Waals surface area contributed by atoms with Gasteiger partial charge in [0.25, 0.3) is 0 Å². The molecule has 3 fully saturated rings. The predicted molar refractivity (Wildman–Crippen MR) is 76.8 cm³/mol. The topological polar surface area (TPSA) is 6.48 Å². The third kappa shape index (κ3) is 2.91. The third-order valence-electron chi connectivity index (χ3n) is 5.38. The molecule has 2 heteroatoms. The Morgan fingerprint density at radius 3 is 2.61 bits per heavy atom. The molecule has 1 aliphatic carbocycles. The summed E-state index contributed by atoms with van der Waals surface area (Å²) >= 11 is 0. The Bertz CT molecular complexity index is 272. The van der Waals surface area contributed by atoms with Crippen molar-refractivity contribution >= 4 is 0 Å². The lowest BCUT2D eigenvalue weighted by Gasteiger charge is -2.50. The molecule has 0 spiro atoms. The van der Waals surface area contributed by atoms with Crippen LogP contribution in [0.4, 0.5) is 0 Å². The summed E-state index contributed by atoms with van der Waals surface area (Å²) in [6, 6.07) is 1.70. The summed E-state index contributed by atoms with van der Waals surface area (Å²) in [6.45, 7) is 10.3. The molecule has 0 aromatic carbocycles. The summed E-state index contributed by atoms with van der Waals surface area (Å²) in [7, 11) is 0. The van der Waals surface area contributed by atoms with E-state index in [-0.39, 0.29) is 0 Å². The molecule has 0 aromatic rings. The van der Waals surface area contributed by atoms with Gasteiger partial charge in [0.15, 0.2) is 0 Å². The minimum Gasteiger partial charge on any atom is -0.298 e. The fraction of sp³-hybridized carbons (Fsp3) is 1.00. The van der Waals surface area contributed by atoms with Crippen LogP contribution in [0, 0.1) is 11.8 Å². The fourth-order valence-electron chi connectivity index (χ4n) is 3.91. The number of piperidine rings is 1. The second-order valence-corrected chi connectivity index (χ2v) is 7.18. The number of nitrogens with zero attached hydrogens (tertiary/aromatic N) is 2. The minimum absolute atomic E-state index is 0.812. The van der Waals surface area contributed by atoms with Crippen LogP contribution in [0.5, 0.6) is 0 Å². The lowest BCUT2D eigenvalue weighted by Crippen LogP contribution is -2.61. The lowest BCUT2D eigenvalue weighted by atomic mass is 9.92. The molecule has 2 aliphatic heterocycles. The zero-order chi connectivity index (χ0) is 12.5. The highest BCUT2D eigenvalue weighted by Gasteiger charge is 2.36. The first-order valence-corrected chi connectivity index (χ1v) is 8.22. The number of hydrogen-bond donors (Lipinski definition) is 0. The van der Waals surface area contributed by atoms with Gasteiger partial charge in [-0.1, -0.05) is 33.1 Å². The predicted octanol–water partition coefficient (Wildman–Crippen LogP) is 2.98. The Labute approximate surface area is 113 Å². The smallest absolute Gasteiger partial charge is 0.0246 e. The number of rotatable bonds is 4. The van der Waals surface area contributed by atoms with E-state index in [9.17, 15) is 0 Å². The Morgan fingerprint density at radius 1 is 1.06 bits per heavy atom. The van der Waals surface area contributed by atoms with Crippen LogP contribution in [0.25, 0.3) is 0 Å². The summed E-state index contributed by atoms with van der Waals surface area (Å²) in [6.07, 6.45) is 8.83. The van der Waals surface area contributed by atoms with Crippen molar-refractivity contribution < 1.29 is 0 Å². The Morgan fingerprint density at radius 2 is 1.89 bits per heavy atom. The fourth-order valence-corrected chi connectivity index (χ4v) is 3.91. The molecule has 18 heavy (non-hydrogen) atoms. The summed E-state index contributed by atoms with van der Waals surface area (Å²) in [5, 5.41) is 0. The summed E-state index contributed by atoms with van der Waals surface area (Å²) in [4.78, 5) is 5.64. The molecule has 0 N–H and O–H groups in total. The van der Waals surface area contributed by atoms with E-state index in [0.717, 1.165) is 23.9 Å². The molecule has 0 aromatic heterocycles. The van der Waals surface area contributed by atoms with Gasteiger partial charge in [-0.25, -0.2) is 0 Å². The molecule has 0 bridgehead atoms. The van der Waals surface area contributed by atoms with Crippen LogP contribution in [0.2, 0.25) is 0 Å². The molecule has 1 saturated carbocycles. The van der Waals surface area contributed by atoms with Crippen LogP contribution >= 0.6 is 0 Å². The molecule has 2 atom stereocenters. The van der Waals surface area contributed by atoms with Crippen molar-refractivity contribution in [3.8, 4) is 0 Å². The minimum atomic E-state index is 0.812. The van der Waals surface area contributed by atoms with Crippen LogP contribution in [0.15, 0.2) is 0 Å². The van der Waals surface area contributed by atoms with Crippen LogP contribution < -0.4 is 0 Å². The van der Waals surface area contributed by atoms with Crippen LogP contribution in [0.3, 0.4) is 0 Å². The van der Waals surface area contributed by atoms with E-state index >= 15 is 0 Å². The van der Waals surface area contributed by atoms with E-state index in [1.54, 1.807) is 0 Å². The molecule has 3 aliphatic rings. The Balaban J connectivity index is 1.60. The molecular formula is C16H30N2. The van der Waals surface area contributed by atoms with Gasteiger partial charge < -0.3 is 0 Å². The van der Waals surface area contributed by atoms with Gasteiger partial charge in [-0.15, -0.1) is 0 Å². The monoisotopic (exact) mass is 250 g/mol. The standard InChI is InChI=1S/C16H30N2/c1-13(2)16-12-17-9-4-3-5-15(17)11-18(16)10-8-14-6-7-14/h13-16H,3-12H2,1-2H3. The molecule has 3 rings (SSSR count). The molecule has 2 saturated heterocycles. The molecule has 104 valence electrons. The molecule has 2 unspecified atom stereocenters. The quantitative estimate of drug-likeness (QED) is 0.757. The van der Waals surface area contributed by atoms with Gasteiger partial charge in [-0.2, -0.15) is 0 Å². The van der Waals surface area contributed by atoms with E-state index in [4.69, 9.17) is 0 Å². The second kappa shape index (κ2) is 5.50. The van der Waals surface area contributed by atoms with E-state index in [1.165, 1.54) is 64.7 Å². The second-order valence-electron chi connectivity index (χ2n) is 7.18. The Hall–Kier alpha value is -0.0800. The maximum Gasteiger partial charge on any atom is 0.0246 e. The van der Waals surface area contributed by atoms with Crippen molar-refractivity contribution in [2.24, 2.45) is 11.8 Å². The molecular weight excluding hydrogens is 220 g/mol. The van der Waals surface area contributed by atoms with Gasteiger partial charge in [-0.3, -0.25) is 9.80 Å². The van der Waals surface area contributed by atoms with Gasteiger partial charge in [-0.05, 0) is 44.2 Å². The largest absolute Gasteiger partial charge is 0.298 e. The van der Waals surface area contributed by atoms with Crippen molar-refractivity contribution in [1.82, 2.24) is 9.80 Å². The third-order valence-corrected chi connectivity index (χ3v) is 5.38. The van der Waals surface area contributed by atoms with Crippen LogP contribution in [-0.2, 0) is 0 Å². The van der Waals surface area contributed by atoms with Gasteiger partial charge in [0.05, 0.1) is 0 Å². The molecule has 0 radical (unpaired) electrons. The van der Waals surface area contributed by atoms with Crippen molar-refractivity contribution in [3.05, 3.63) is 0 Å². The van der Waals surface area contributed by atoms with Crippen LogP contribution in [0.1, 0.15) is 52.4 Å². The first-order chi connectivity index (χ1) is 8.74. The SMILES string of the molecule is CC(C)C1CN2CCCCC2CN1CCC1CC1. The highest BCUT2D eigenvalue weighted by molar-refractivity contribution is 4.92. The average Bonchev–Trinajstić information content (AvgIpc) is 3.19. The first kappa shape index (κ1) is 12.9. The van der Waals surface area contributed by atoms with E-state index in [0.29, 0.717) is 0 Å². The van der Waals surface area contributed by atoms with Gasteiger partial charge in [0, 0.05) is 25.2 Å². The molecule has 2 nitrogen and oxygen atoms in total. The zero-order valence-electron chi connectivity index (χ0n) is 12.3. The van der Waals surface area contributed by atoms with Crippen LogP contribution in [-0.4, -0.2) is 48.1 Å². The molecule has 2 heterocycles. The summed E-state index contributed by atoms with van der Waals surface area (Å²) < 4.78 is 0. The van der Waals surface area contributed by atoms with Gasteiger partial charge in [0.1, 0.15) is 0 Å². The number of fused-ring (bicyclic) bond motifs is 1. The molecule has 0 amide bonds. The van der Waals surface area contributed by atoms with E-state index in [2.05, 4.69) is 23.6 Å². The summed E-state index contributed by atoms with van der Waals surface area (Å²) in [5.41, 5.74) is 0.